The van der Waals surface area contributed by atoms with E-state index in [-0.39, 0.29) is 11.8 Å². The number of aliphatic hydroxyl groups excluding tert-OH is 1. The smallest absolute Gasteiger partial charge is 0.178 e. The number of hydrogen-bond acceptors (Lipinski definition) is 3. The van der Waals surface area contributed by atoms with Gasteiger partial charge < -0.3 is 10.4 Å². The zero-order valence-corrected chi connectivity index (χ0v) is 6.84. The Morgan fingerprint density at radius 2 is 2.55 bits per heavy atom. The van der Waals surface area contributed by atoms with Gasteiger partial charge in [0.2, 0.25) is 0 Å². The van der Waals surface area contributed by atoms with Crippen LogP contribution in [0.2, 0.25) is 0 Å². The molecule has 1 aliphatic rings. The zero-order valence-electron chi connectivity index (χ0n) is 6.84. The minimum atomic E-state index is -0.759. The number of carbonyl (C=O) groups is 1. The van der Waals surface area contributed by atoms with Crippen LogP contribution in [0.25, 0.3) is 0 Å². The van der Waals surface area contributed by atoms with Crippen molar-refractivity contribution in [3.05, 3.63) is 0 Å². The topological polar surface area (TPSA) is 49.3 Å². The molecule has 3 nitrogen and oxygen atoms in total. The van der Waals surface area contributed by atoms with Crippen LogP contribution in [0.4, 0.5) is 0 Å². The van der Waals surface area contributed by atoms with E-state index in [4.69, 9.17) is 0 Å². The van der Waals surface area contributed by atoms with Crippen LogP contribution in [0, 0.1) is 0 Å². The van der Waals surface area contributed by atoms with Gasteiger partial charge in [0.1, 0.15) is 6.10 Å². The summed E-state index contributed by atoms with van der Waals surface area (Å²) in [6.07, 6.45) is 1.70. The second-order valence-electron chi connectivity index (χ2n) is 2.98. The summed E-state index contributed by atoms with van der Waals surface area (Å²) >= 11 is 0. The Bertz CT molecular complexity index is 141. The highest BCUT2D eigenvalue weighted by molar-refractivity contribution is 5.88. The highest BCUT2D eigenvalue weighted by Crippen LogP contribution is 2.08. The lowest BCUT2D eigenvalue weighted by molar-refractivity contribution is -0.128. The molecular weight excluding hydrogens is 142 g/mol. The van der Waals surface area contributed by atoms with Crippen LogP contribution < -0.4 is 5.32 Å². The van der Waals surface area contributed by atoms with Gasteiger partial charge in [-0.3, -0.25) is 4.79 Å². The van der Waals surface area contributed by atoms with Gasteiger partial charge >= 0.3 is 0 Å². The molecule has 0 bridgehead atoms. The van der Waals surface area contributed by atoms with E-state index >= 15 is 0 Å². The van der Waals surface area contributed by atoms with E-state index in [9.17, 15) is 9.90 Å². The van der Waals surface area contributed by atoms with Gasteiger partial charge in [0.05, 0.1) is 6.04 Å². The van der Waals surface area contributed by atoms with E-state index in [1.807, 2.05) is 6.92 Å². The fourth-order valence-corrected chi connectivity index (χ4v) is 1.36. The number of nitrogens with one attached hydrogen (secondary N) is 1. The molecule has 3 heteroatoms. The van der Waals surface area contributed by atoms with Crippen LogP contribution in [-0.2, 0) is 4.79 Å². The summed E-state index contributed by atoms with van der Waals surface area (Å²) in [6, 6.07) is -0.0788. The van der Waals surface area contributed by atoms with Crippen LogP contribution in [-0.4, -0.2) is 29.6 Å². The Balaban J connectivity index is 2.39. The Morgan fingerprint density at radius 1 is 1.82 bits per heavy atom. The van der Waals surface area contributed by atoms with E-state index in [0.717, 1.165) is 19.4 Å². The van der Waals surface area contributed by atoms with E-state index in [1.165, 1.54) is 0 Å². The monoisotopic (exact) mass is 157 g/mol. The maximum Gasteiger partial charge on any atom is 0.178 e. The molecule has 1 heterocycles. The first kappa shape index (κ1) is 8.68. The molecule has 1 fully saturated rings. The molecule has 0 radical (unpaired) electrons. The molecule has 64 valence electrons. The van der Waals surface area contributed by atoms with Crippen molar-refractivity contribution in [1.82, 2.24) is 5.32 Å². The number of rotatable bonds is 3. The van der Waals surface area contributed by atoms with Gasteiger partial charge in [-0.2, -0.15) is 0 Å². The molecule has 1 unspecified atom stereocenters. The SMILES string of the molecule is CCC(O)C(=O)[C@H]1CCCN1. The number of hydrogen-bond donors (Lipinski definition) is 2. The summed E-state index contributed by atoms with van der Waals surface area (Å²) < 4.78 is 0. The van der Waals surface area contributed by atoms with Crippen molar-refractivity contribution in [3.8, 4) is 0 Å². The second-order valence-corrected chi connectivity index (χ2v) is 2.98. The van der Waals surface area contributed by atoms with Crippen LogP contribution in [0.5, 0.6) is 0 Å². The third-order valence-electron chi connectivity index (χ3n) is 2.12. The number of Topliss-reactive ketones (excluding diaryl/α,β-unsaturated/α-hetero) is 1. The second kappa shape index (κ2) is 3.83. The standard InChI is InChI=1S/C8H15NO2/c1-2-7(10)8(11)6-4-3-5-9-6/h6-7,9-10H,2-5H2,1H3/t6-,7?/m1/s1. The zero-order chi connectivity index (χ0) is 8.27. The lowest BCUT2D eigenvalue weighted by Crippen LogP contribution is -2.38. The van der Waals surface area contributed by atoms with Crippen LogP contribution in [0.3, 0.4) is 0 Å². The minimum Gasteiger partial charge on any atom is -0.385 e. The molecule has 1 saturated heterocycles. The highest BCUT2D eigenvalue weighted by Gasteiger charge is 2.26. The van der Waals surface area contributed by atoms with Gasteiger partial charge in [0.25, 0.3) is 0 Å². The van der Waals surface area contributed by atoms with Crippen molar-refractivity contribution in [3.63, 3.8) is 0 Å². The third kappa shape index (κ3) is 2.01. The van der Waals surface area contributed by atoms with Gasteiger partial charge in [-0.15, -0.1) is 0 Å². The molecule has 2 atom stereocenters. The van der Waals surface area contributed by atoms with Crippen molar-refractivity contribution in [1.29, 1.82) is 0 Å². The average molecular weight is 157 g/mol. The molecule has 2 N–H and O–H groups in total. The molecule has 0 aromatic carbocycles. The Morgan fingerprint density at radius 3 is 3.00 bits per heavy atom. The van der Waals surface area contributed by atoms with Gasteiger partial charge in [-0.1, -0.05) is 6.92 Å². The van der Waals surface area contributed by atoms with Gasteiger partial charge in [0, 0.05) is 0 Å². The first-order chi connectivity index (χ1) is 5.25. The molecule has 1 rings (SSSR count). The van der Waals surface area contributed by atoms with Gasteiger partial charge in [0.15, 0.2) is 5.78 Å². The third-order valence-corrected chi connectivity index (χ3v) is 2.12. The molecule has 0 aromatic heterocycles. The maximum atomic E-state index is 11.3. The molecule has 0 spiro atoms. The van der Waals surface area contributed by atoms with Crippen molar-refractivity contribution >= 4 is 5.78 Å². The average Bonchev–Trinajstić information content (AvgIpc) is 2.53. The first-order valence-corrected chi connectivity index (χ1v) is 4.21. The number of carbonyl (C=O) groups excluding carboxylic acids is 1. The Kier molecular flexibility index (Phi) is 3.02. The quantitative estimate of drug-likeness (QED) is 0.610. The van der Waals surface area contributed by atoms with E-state index in [2.05, 4.69) is 5.32 Å². The molecule has 0 aromatic rings. The predicted molar refractivity (Wildman–Crippen MR) is 42.3 cm³/mol. The molecule has 1 aliphatic heterocycles. The Labute approximate surface area is 66.8 Å². The largest absolute Gasteiger partial charge is 0.385 e. The summed E-state index contributed by atoms with van der Waals surface area (Å²) in [4.78, 5) is 11.3. The molecule has 0 aliphatic carbocycles. The number of ketones is 1. The number of aliphatic hydroxyl groups is 1. The van der Waals surface area contributed by atoms with Crippen molar-refractivity contribution < 1.29 is 9.90 Å². The fourth-order valence-electron chi connectivity index (χ4n) is 1.36. The fraction of sp³-hybridized carbons (Fsp3) is 0.875. The molecular formula is C8H15NO2. The van der Waals surface area contributed by atoms with E-state index in [1.54, 1.807) is 0 Å². The van der Waals surface area contributed by atoms with Crippen molar-refractivity contribution in [2.24, 2.45) is 0 Å². The normalized spacial score (nSPS) is 26.9. The molecule has 0 saturated carbocycles. The van der Waals surface area contributed by atoms with Gasteiger partial charge in [-0.25, -0.2) is 0 Å². The lowest BCUT2D eigenvalue weighted by Gasteiger charge is -2.12. The highest BCUT2D eigenvalue weighted by atomic mass is 16.3. The van der Waals surface area contributed by atoms with E-state index < -0.39 is 6.10 Å². The van der Waals surface area contributed by atoms with Crippen LogP contribution in [0.15, 0.2) is 0 Å². The van der Waals surface area contributed by atoms with Crippen LogP contribution in [0.1, 0.15) is 26.2 Å². The van der Waals surface area contributed by atoms with Crippen LogP contribution >= 0.6 is 0 Å². The minimum absolute atomic E-state index is 0.0370. The molecule has 0 amide bonds. The van der Waals surface area contributed by atoms with Crippen molar-refractivity contribution in [2.75, 3.05) is 6.54 Å². The summed E-state index contributed by atoms with van der Waals surface area (Å²) in [5.41, 5.74) is 0. The van der Waals surface area contributed by atoms with E-state index in [0.29, 0.717) is 6.42 Å². The lowest BCUT2D eigenvalue weighted by atomic mass is 10.0. The van der Waals surface area contributed by atoms with Gasteiger partial charge in [-0.05, 0) is 25.8 Å². The molecule has 11 heavy (non-hydrogen) atoms. The van der Waals surface area contributed by atoms with Crippen molar-refractivity contribution in [2.45, 2.75) is 38.3 Å². The first-order valence-electron chi connectivity index (χ1n) is 4.21. The summed E-state index contributed by atoms with van der Waals surface area (Å²) in [6.45, 7) is 2.73. The Hall–Kier alpha value is -0.410. The summed E-state index contributed by atoms with van der Waals surface area (Å²) in [7, 11) is 0. The summed E-state index contributed by atoms with van der Waals surface area (Å²) in [5.74, 6) is -0.0370. The predicted octanol–water partition coefficient (Wildman–Crippen LogP) is 0.0784. The summed E-state index contributed by atoms with van der Waals surface area (Å²) in [5, 5.41) is 12.3. The maximum absolute atomic E-state index is 11.3.